The van der Waals surface area contributed by atoms with Crippen LogP contribution in [0, 0.1) is 0 Å². The Balaban J connectivity index is 1.91. The first kappa shape index (κ1) is 13.9. The van der Waals surface area contributed by atoms with Crippen molar-refractivity contribution in [2.45, 2.75) is 25.7 Å². The molecule has 1 heterocycles. The molecule has 0 unspecified atom stereocenters. The van der Waals surface area contributed by atoms with Gasteiger partial charge in [-0.25, -0.2) is 8.42 Å². The number of morpholine rings is 1. The van der Waals surface area contributed by atoms with E-state index in [0.717, 1.165) is 52.1 Å². The Morgan fingerprint density at radius 3 is 2.31 bits per heavy atom. The molecule has 0 N–H and O–H groups in total. The highest BCUT2D eigenvalue weighted by atomic mass is 32.2. The summed E-state index contributed by atoms with van der Waals surface area (Å²) in [6, 6.07) is 0. The summed E-state index contributed by atoms with van der Waals surface area (Å²) in [6.07, 6.45) is 3.38. The van der Waals surface area contributed by atoms with Crippen molar-refractivity contribution in [1.29, 1.82) is 0 Å². The number of unbranched alkanes of at least 4 members (excludes halogenated alkanes) is 3. The highest BCUT2D eigenvalue weighted by molar-refractivity contribution is 7.85. The van der Waals surface area contributed by atoms with Gasteiger partial charge in [0.15, 0.2) is 0 Å². The number of hydrogen-bond donors (Lipinski definition) is 0. The molecule has 16 heavy (non-hydrogen) atoms. The number of hydrogen-bond acceptors (Lipinski definition) is 5. The molecule has 0 saturated carbocycles. The maximum Gasteiger partial charge on any atom is 0.0945 e. The maximum absolute atomic E-state index is 10.3. The van der Waals surface area contributed by atoms with Gasteiger partial charge in [0.2, 0.25) is 0 Å². The van der Waals surface area contributed by atoms with Crippen molar-refractivity contribution in [2.75, 3.05) is 38.6 Å². The number of rotatable bonds is 7. The van der Waals surface area contributed by atoms with Gasteiger partial charge in [-0.1, -0.05) is 12.8 Å². The van der Waals surface area contributed by atoms with Crippen LogP contribution in [0.15, 0.2) is 0 Å². The lowest BCUT2D eigenvalue weighted by Gasteiger charge is -2.26. The summed E-state index contributed by atoms with van der Waals surface area (Å²) in [6.45, 7) is 4.67. The van der Waals surface area contributed by atoms with Crippen LogP contribution >= 0.6 is 0 Å². The van der Waals surface area contributed by atoms with Crippen LogP contribution in [0.3, 0.4) is 0 Å². The Hall–Kier alpha value is -0.170. The molecule has 1 saturated heterocycles. The second kappa shape index (κ2) is 7.21. The molecule has 96 valence electrons. The van der Waals surface area contributed by atoms with E-state index in [1.54, 1.807) is 0 Å². The summed E-state index contributed by atoms with van der Waals surface area (Å²) < 4.78 is 36.2. The molecule has 1 aliphatic heterocycles. The van der Waals surface area contributed by atoms with Gasteiger partial charge < -0.3 is 9.29 Å². The fourth-order valence-corrected chi connectivity index (χ4v) is 2.35. The van der Waals surface area contributed by atoms with Crippen LogP contribution in [0.5, 0.6) is 0 Å². The fraction of sp³-hybridized carbons (Fsp3) is 1.00. The molecule has 0 aromatic carbocycles. The quantitative estimate of drug-likeness (QED) is 0.484. The molecule has 1 fully saturated rings. The molecule has 0 aromatic rings. The summed E-state index contributed by atoms with van der Waals surface area (Å²) in [5.41, 5.74) is 0. The van der Waals surface area contributed by atoms with E-state index in [0.29, 0.717) is 6.42 Å². The van der Waals surface area contributed by atoms with E-state index in [9.17, 15) is 13.0 Å². The van der Waals surface area contributed by atoms with Crippen molar-refractivity contribution >= 4 is 10.1 Å². The first-order chi connectivity index (χ1) is 7.58. The minimum atomic E-state index is -4.01. The van der Waals surface area contributed by atoms with E-state index < -0.39 is 10.1 Å². The lowest BCUT2D eigenvalue weighted by atomic mass is 10.2. The van der Waals surface area contributed by atoms with Crippen molar-refractivity contribution in [3.05, 3.63) is 0 Å². The molecule has 0 spiro atoms. The monoisotopic (exact) mass is 250 g/mol. The van der Waals surface area contributed by atoms with Crippen LogP contribution in [-0.4, -0.2) is 56.5 Å². The predicted molar refractivity (Wildman–Crippen MR) is 60.3 cm³/mol. The minimum absolute atomic E-state index is 0.218. The van der Waals surface area contributed by atoms with Crippen LogP contribution in [0.25, 0.3) is 0 Å². The summed E-state index contributed by atoms with van der Waals surface area (Å²) >= 11 is 0. The van der Waals surface area contributed by atoms with Gasteiger partial charge in [0.1, 0.15) is 0 Å². The Bertz CT molecular complexity index is 273. The second-order valence-corrected chi connectivity index (χ2v) is 5.65. The Kier molecular flexibility index (Phi) is 6.26. The van der Waals surface area contributed by atoms with Gasteiger partial charge in [-0.2, -0.15) is 0 Å². The van der Waals surface area contributed by atoms with Gasteiger partial charge in [0, 0.05) is 18.8 Å². The maximum atomic E-state index is 10.3. The van der Waals surface area contributed by atoms with Gasteiger partial charge in [0.05, 0.1) is 23.3 Å². The van der Waals surface area contributed by atoms with Crippen LogP contribution < -0.4 is 0 Å². The summed E-state index contributed by atoms with van der Waals surface area (Å²) in [7, 11) is -4.01. The van der Waals surface area contributed by atoms with Crippen molar-refractivity contribution < 1.29 is 17.7 Å². The van der Waals surface area contributed by atoms with Crippen molar-refractivity contribution in [3.63, 3.8) is 0 Å². The molecule has 0 amide bonds. The summed E-state index contributed by atoms with van der Waals surface area (Å²) in [4.78, 5) is 2.36. The molecular weight excluding hydrogens is 230 g/mol. The van der Waals surface area contributed by atoms with Gasteiger partial charge in [-0.15, -0.1) is 0 Å². The van der Waals surface area contributed by atoms with Gasteiger partial charge in [0.25, 0.3) is 0 Å². The first-order valence-corrected chi connectivity index (χ1v) is 7.39. The molecule has 1 aliphatic rings. The SMILES string of the molecule is O=S(=O)([O-])CCCCCCN1CCOCC1. The van der Waals surface area contributed by atoms with E-state index >= 15 is 0 Å². The standard InChI is InChI=1S/C10H21NO4S/c12-16(13,14)10-4-2-1-3-5-11-6-8-15-9-7-11/h1-10H2,(H,12,13,14)/p-1. The first-order valence-electron chi connectivity index (χ1n) is 5.81. The molecule has 6 heteroatoms. The topological polar surface area (TPSA) is 69.7 Å². The Labute approximate surface area is 97.5 Å². The largest absolute Gasteiger partial charge is 0.748 e. The van der Waals surface area contributed by atoms with Gasteiger partial charge >= 0.3 is 0 Å². The molecule has 0 bridgehead atoms. The molecular formula is C10H20NO4S-. The molecule has 1 rings (SSSR count). The normalized spacial score (nSPS) is 18.8. The van der Waals surface area contributed by atoms with E-state index in [2.05, 4.69) is 4.90 Å². The van der Waals surface area contributed by atoms with E-state index in [1.807, 2.05) is 0 Å². The van der Waals surface area contributed by atoms with Gasteiger partial charge in [-0.3, -0.25) is 4.90 Å². The zero-order valence-electron chi connectivity index (χ0n) is 9.56. The third-order valence-corrected chi connectivity index (χ3v) is 3.51. The number of nitrogens with zero attached hydrogens (tertiary/aromatic N) is 1. The zero-order chi connectivity index (χ0) is 11.9. The van der Waals surface area contributed by atoms with Crippen LogP contribution in [0.2, 0.25) is 0 Å². The fourth-order valence-electron chi connectivity index (χ4n) is 1.79. The van der Waals surface area contributed by atoms with E-state index in [4.69, 9.17) is 4.74 Å². The van der Waals surface area contributed by atoms with Crippen LogP contribution in [-0.2, 0) is 14.9 Å². The lowest BCUT2D eigenvalue weighted by Crippen LogP contribution is -2.36. The van der Waals surface area contributed by atoms with Crippen LogP contribution in [0.1, 0.15) is 25.7 Å². The lowest BCUT2D eigenvalue weighted by molar-refractivity contribution is 0.0371. The molecule has 0 aromatic heterocycles. The smallest absolute Gasteiger partial charge is 0.0945 e. The average molecular weight is 250 g/mol. The van der Waals surface area contributed by atoms with E-state index in [-0.39, 0.29) is 5.75 Å². The Morgan fingerprint density at radius 2 is 1.69 bits per heavy atom. The summed E-state index contributed by atoms with van der Waals surface area (Å²) in [5.74, 6) is -0.218. The molecule has 5 nitrogen and oxygen atoms in total. The highest BCUT2D eigenvalue weighted by Gasteiger charge is 2.08. The third kappa shape index (κ3) is 7.16. The second-order valence-electron chi connectivity index (χ2n) is 4.13. The molecule has 0 aliphatic carbocycles. The number of ether oxygens (including phenoxy) is 1. The van der Waals surface area contributed by atoms with Crippen molar-refractivity contribution in [1.82, 2.24) is 4.90 Å². The zero-order valence-corrected chi connectivity index (χ0v) is 10.4. The predicted octanol–water partition coefficient (Wildman–Crippen LogP) is 0.424. The van der Waals surface area contributed by atoms with Crippen molar-refractivity contribution in [2.24, 2.45) is 0 Å². The Morgan fingerprint density at radius 1 is 1.06 bits per heavy atom. The highest BCUT2D eigenvalue weighted by Crippen LogP contribution is 2.05. The van der Waals surface area contributed by atoms with Crippen molar-refractivity contribution in [3.8, 4) is 0 Å². The van der Waals surface area contributed by atoms with Gasteiger partial charge in [-0.05, 0) is 19.4 Å². The summed E-state index contributed by atoms with van der Waals surface area (Å²) in [5, 5.41) is 0. The molecule has 0 radical (unpaired) electrons. The van der Waals surface area contributed by atoms with E-state index in [1.165, 1.54) is 0 Å². The minimum Gasteiger partial charge on any atom is -0.748 e. The third-order valence-electron chi connectivity index (χ3n) is 2.72. The molecule has 0 atom stereocenters. The average Bonchev–Trinajstić information content (AvgIpc) is 2.23. The van der Waals surface area contributed by atoms with Crippen LogP contribution in [0.4, 0.5) is 0 Å².